The number of hydrogen-bond acceptors (Lipinski definition) is 2. The van der Waals surface area contributed by atoms with Gasteiger partial charge in [-0.15, -0.1) is 0 Å². The van der Waals surface area contributed by atoms with Crippen molar-refractivity contribution < 1.29 is 4.79 Å². The summed E-state index contributed by atoms with van der Waals surface area (Å²) in [5.41, 5.74) is 0.641. The number of benzene rings is 1. The fraction of sp³-hybridized carbons (Fsp3) is 0.562. The quantitative estimate of drug-likeness (QED) is 0.855. The first-order valence-electron chi connectivity index (χ1n) is 7.53. The molecule has 0 saturated carbocycles. The molecule has 2 fully saturated rings. The monoisotopic (exact) mass is 292 g/mol. The van der Waals surface area contributed by atoms with Crippen LogP contribution in [-0.4, -0.2) is 47.9 Å². The zero-order valence-electron chi connectivity index (χ0n) is 11.7. The first-order valence-corrected chi connectivity index (χ1v) is 7.91. The molecule has 2 saturated heterocycles. The van der Waals surface area contributed by atoms with Crippen molar-refractivity contribution in [3.8, 4) is 0 Å². The number of carbonyl (C=O) groups is 1. The van der Waals surface area contributed by atoms with Crippen molar-refractivity contribution in [1.29, 1.82) is 0 Å². The molecule has 1 aromatic carbocycles. The number of likely N-dealkylation sites (tertiary alicyclic amines) is 2. The molecule has 0 bridgehead atoms. The maximum Gasteiger partial charge on any atom is 0.255 e. The molecular formula is C16H21ClN2O. The van der Waals surface area contributed by atoms with Crippen molar-refractivity contribution in [1.82, 2.24) is 9.80 Å². The van der Waals surface area contributed by atoms with Crippen LogP contribution in [0.4, 0.5) is 0 Å². The summed E-state index contributed by atoms with van der Waals surface area (Å²) in [4.78, 5) is 17.2. The van der Waals surface area contributed by atoms with Crippen LogP contribution in [0.25, 0.3) is 0 Å². The van der Waals surface area contributed by atoms with E-state index in [-0.39, 0.29) is 5.91 Å². The van der Waals surface area contributed by atoms with Gasteiger partial charge in [-0.05, 0) is 50.9 Å². The zero-order valence-corrected chi connectivity index (χ0v) is 12.5. The van der Waals surface area contributed by atoms with E-state index in [1.54, 1.807) is 6.07 Å². The Kier molecular flexibility index (Phi) is 4.27. The standard InChI is InChI=1S/C16H21ClN2O/c17-15-8-2-1-7-14(15)16(20)19-11-5-6-13(19)12-18-9-3-4-10-18/h1-2,7-8,13H,3-6,9-12H2. The van der Waals surface area contributed by atoms with E-state index in [4.69, 9.17) is 11.6 Å². The van der Waals surface area contributed by atoms with E-state index < -0.39 is 0 Å². The molecule has 1 amide bonds. The average Bonchev–Trinajstić information content (AvgIpc) is 3.11. The maximum atomic E-state index is 12.7. The Balaban J connectivity index is 1.71. The van der Waals surface area contributed by atoms with Gasteiger partial charge in [-0.25, -0.2) is 0 Å². The second-order valence-corrected chi connectivity index (χ2v) is 6.19. The summed E-state index contributed by atoms with van der Waals surface area (Å²) < 4.78 is 0. The highest BCUT2D eigenvalue weighted by Crippen LogP contribution is 2.25. The van der Waals surface area contributed by atoms with Gasteiger partial charge in [0.05, 0.1) is 10.6 Å². The van der Waals surface area contributed by atoms with Crippen LogP contribution in [0.15, 0.2) is 24.3 Å². The van der Waals surface area contributed by atoms with E-state index >= 15 is 0 Å². The van der Waals surface area contributed by atoms with Crippen molar-refractivity contribution in [3.05, 3.63) is 34.9 Å². The molecular weight excluding hydrogens is 272 g/mol. The van der Waals surface area contributed by atoms with Crippen LogP contribution in [0.1, 0.15) is 36.0 Å². The number of hydrogen-bond donors (Lipinski definition) is 0. The van der Waals surface area contributed by atoms with Crippen molar-refractivity contribution in [2.45, 2.75) is 31.7 Å². The van der Waals surface area contributed by atoms with E-state index in [0.29, 0.717) is 16.6 Å². The summed E-state index contributed by atoms with van der Waals surface area (Å²) in [5.74, 6) is 0.0947. The maximum absolute atomic E-state index is 12.7. The van der Waals surface area contributed by atoms with Crippen LogP contribution < -0.4 is 0 Å². The van der Waals surface area contributed by atoms with Gasteiger partial charge in [0.25, 0.3) is 5.91 Å². The molecule has 1 aromatic rings. The summed E-state index contributed by atoms with van der Waals surface area (Å²) in [6.45, 7) is 4.26. The Bertz CT molecular complexity index is 485. The predicted octanol–water partition coefficient (Wildman–Crippen LogP) is 3.04. The summed E-state index contributed by atoms with van der Waals surface area (Å²) in [5, 5.41) is 0.560. The van der Waals surface area contributed by atoms with E-state index in [2.05, 4.69) is 4.90 Å². The van der Waals surface area contributed by atoms with Gasteiger partial charge in [0.2, 0.25) is 0 Å². The zero-order chi connectivity index (χ0) is 13.9. The Hall–Kier alpha value is -1.06. The Morgan fingerprint density at radius 3 is 2.65 bits per heavy atom. The van der Waals surface area contributed by atoms with Gasteiger partial charge in [-0.2, -0.15) is 0 Å². The lowest BCUT2D eigenvalue weighted by Gasteiger charge is -2.28. The Morgan fingerprint density at radius 1 is 1.15 bits per heavy atom. The molecule has 2 aliphatic rings. The average molecular weight is 293 g/mol. The molecule has 0 radical (unpaired) electrons. The van der Waals surface area contributed by atoms with Crippen LogP contribution in [0, 0.1) is 0 Å². The minimum atomic E-state index is 0.0947. The van der Waals surface area contributed by atoms with E-state index in [0.717, 1.165) is 25.9 Å². The highest BCUT2D eigenvalue weighted by atomic mass is 35.5. The topological polar surface area (TPSA) is 23.6 Å². The number of amides is 1. The van der Waals surface area contributed by atoms with E-state index in [1.165, 1.54) is 25.9 Å². The highest BCUT2D eigenvalue weighted by Gasteiger charge is 2.31. The summed E-state index contributed by atoms with van der Waals surface area (Å²) in [7, 11) is 0. The lowest BCUT2D eigenvalue weighted by atomic mass is 10.1. The molecule has 0 aliphatic carbocycles. The smallest absolute Gasteiger partial charge is 0.255 e. The number of halogens is 1. The van der Waals surface area contributed by atoms with Gasteiger partial charge < -0.3 is 9.80 Å². The Labute approximate surface area is 125 Å². The second-order valence-electron chi connectivity index (χ2n) is 5.78. The second kappa shape index (κ2) is 6.15. The molecule has 2 aliphatic heterocycles. The lowest BCUT2D eigenvalue weighted by molar-refractivity contribution is 0.0709. The number of rotatable bonds is 3. The van der Waals surface area contributed by atoms with Gasteiger partial charge in [0, 0.05) is 19.1 Å². The van der Waals surface area contributed by atoms with Crippen LogP contribution in [0.2, 0.25) is 5.02 Å². The largest absolute Gasteiger partial charge is 0.334 e. The van der Waals surface area contributed by atoms with Crippen molar-refractivity contribution in [2.75, 3.05) is 26.2 Å². The molecule has 20 heavy (non-hydrogen) atoms. The molecule has 0 N–H and O–H groups in total. The van der Waals surface area contributed by atoms with Crippen molar-refractivity contribution >= 4 is 17.5 Å². The molecule has 108 valence electrons. The van der Waals surface area contributed by atoms with Crippen molar-refractivity contribution in [3.63, 3.8) is 0 Å². The van der Waals surface area contributed by atoms with Crippen molar-refractivity contribution in [2.24, 2.45) is 0 Å². The minimum absolute atomic E-state index is 0.0947. The molecule has 3 nitrogen and oxygen atoms in total. The fourth-order valence-corrected chi connectivity index (χ4v) is 3.56. The van der Waals surface area contributed by atoms with Crippen LogP contribution in [0.3, 0.4) is 0 Å². The van der Waals surface area contributed by atoms with Gasteiger partial charge in [-0.1, -0.05) is 23.7 Å². The third kappa shape index (κ3) is 2.84. The van der Waals surface area contributed by atoms with E-state index in [1.807, 2.05) is 23.1 Å². The van der Waals surface area contributed by atoms with Crippen LogP contribution in [0.5, 0.6) is 0 Å². The first kappa shape index (κ1) is 13.9. The molecule has 1 unspecified atom stereocenters. The fourth-order valence-electron chi connectivity index (χ4n) is 3.35. The molecule has 1 atom stereocenters. The molecule has 3 rings (SSSR count). The molecule has 0 spiro atoms. The third-order valence-electron chi connectivity index (χ3n) is 4.41. The predicted molar refractivity (Wildman–Crippen MR) is 81.2 cm³/mol. The van der Waals surface area contributed by atoms with E-state index in [9.17, 15) is 4.79 Å². The number of carbonyl (C=O) groups excluding carboxylic acids is 1. The molecule has 4 heteroatoms. The Morgan fingerprint density at radius 2 is 1.90 bits per heavy atom. The summed E-state index contributed by atoms with van der Waals surface area (Å²) in [6, 6.07) is 7.72. The summed E-state index contributed by atoms with van der Waals surface area (Å²) in [6.07, 6.45) is 4.82. The van der Waals surface area contributed by atoms with Gasteiger partial charge >= 0.3 is 0 Å². The van der Waals surface area contributed by atoms with Gasteiger partial charge in [-0.3, -0.25) is 4.79 Å². The summed E-state index contributed by atoms with van der Waals surface area (Å²) >= 11 is 6.16. The van der Waals surface area contributed by atoms with Gasteiger partial charge in [0.1, 0.15) is 0 Å². The highest BCUT2D eigenvalue weighted by molar-refractivity contribution is 6.33. The molecule has 2 heterocycles. The molecule has 0 aromatic heterocycles. The first-order chi connectivity index (χ1) is 9.75. The van der Waals surface area contributed by atoms with Crippen LogP contribution in [-0.2, 0) is 0 Å². The van der Waals surface area contributed by atoms with Gasteiger partial charge in [0.15, 0.2) is 0 Å². The number of nitrogens with zero attached hydrogens (tertiary/aromatic N) is 2. The minimum Gasteiger partial charge on any atom is -0.334 e. The SMILES string of the molecule is O=C(c1ccccc1Cl)N1CCCC1CN1CCCC1. The normalized spacial score (nSPS) is 23.4. The van der Waals surface area contributed by atoms with Crippen LogP contribution >= 0.6 is 11.6 Å². The third-order valence-corrected chi connectivity index (χ3v) is 4.74. The lowest BCUT2D eigenvalue weighted by Crippen LogP contribution is -2.42.